The minimum Gasteiger partial charge on any atom is -0.348 e. The average Bonchev–Trinajstić information content (AvgIpc) is 2.81. The van der Waals surface area contributed by atoms with Crippen LogP contribution in [0.3, 0.4) is 0 Å². The van der Waals surface area contributed by atoms with Crippen LogP contribution in [0.2, 0.25) is 0 Å². The second kappa shape index (κ2) is 8.11. The van der Waals surface area contributed by atoms with Gasteiger partial charge < -0.3 is 10.2 Å². The standard InChI is InChI=1S/C11H22N6OS/c1-5-6-12-7-8-17-11(13-14-15-17)19-9(2)10(18)16(3)4/h9,12H,5-8H2,1-4H3. The number of tetrazole rings is 1. The first-order chi connectivity index (χ1) is 9.06. The molecule has 108 valence electrons. The van der Waals surface area contributed by atoms with Crippen LogP contribution in [0.4, 0.5) is 0 Å². The molecular weight excluding hydrogens is 264 g/mol. The van der Waals surface area contributed by atoms with Gasteiger partial charge in [-0.3, -0.25) is 4.79 Å². The van der Waals surface area contributed by atoms with Crippen LogP contribution in [0, 0.1) is 0 Å². The monoisotopic (exact) mass is 286 g/mol. The van der Waals surface area contributed by atoms with Gasteiger partial charge in [-0.05, 0) is 30.3 Å². The van der Waals surface area contributed by atoms with Gasteiger partial charge in [-0.2, -0.15) is 0 Å². The Hall–Kier alpha value is -1.15. The molecule has 0 aliphatic heterocycles. The second-order valence-corrected chi connectivity index (χ2v) is 5.74. The van der Waals surface area contributed by atoms with E-state index in [9.17, 15) is 4.79 Å². The number of carbonyl (C=O) groups excluding carboxylic acids is 1. The molecule has 7 nitrogen and oxygen atoms in total. The minimum absolute atomic E-state index is 0.0589. The zero-order chi connectivity index (χ0) is 14.3. The molecule has 0 saturated carbocycles. The normalized spacial score (nSPS) is 12.4. The molecule has 0 spiro atoms. The predicted octanol–water partition coefficient (Wildman–Crippen LogP) is 0.242. The number of amides is 1. The number of aromatic nitrogens is 4. The van der Waals surface area contributed by atoms with Gasteiger partial charge in [0.2, 0.25) is 11.1 Å². The van der Waals surface area contributed by atoms with Crippen LogP contribution in [0.5, 0.6) is 0 Å². The maximum atomic E-state index is 11.8. The molecule has 1 aromatic rings. The highest BCUT2D eigenvalue weighted by Gasteiger charge is 2.19. The third kappa shape index (κ3) is 5.15. The van der Waals surface area contributed by atoms with Gasteiger partial charge in [0, 0.05) is 20.6 Å². The van der Waals surface area contributed by atoms with E-state index < -0.39 is 0 Å². The van der Waals surface area contributed by atoms with Crippen LogP contribution in [-0.4, -0.2) is 63.4 Å². The molecule has 0 aliphatic rings. The lowest BCUT2D eigenvalue weighted by Crippen LogP contribution is -2.30. The number of nitrogens with zero attached hydrogens (tertiary/aromatic N) is 5. The summed E-state index contributed by atoms with van der Waals surface area (Å²) < 4.78 is 1.73. The number of thioether (sulfide) groups is 1. The second-order valence-electron chi connectivity index (χ2n) is 4.43. The summed E-state index contributed by atoms with van der Waals surface area (Å²) in [6.45, 7) is 6.50. The maximum absolute atomic E-state index is 11.8. The van der Waals surface area contributed by atoms with Crippen LogP contribution >= 0.6 is 11.8 Å². The van der Waals surface area contributed by atoms with Crippen LogP contribution < -0.4 is 5.32 Å². The first kappa shape index (κ1) is 15.9. The zero-order valence-electron chi connectivity index (χ0n) is 12.0. The van der Waals surface area contributed by atoms with Crippen molar-refractivity contribution in [3.63, 3.8) is 0 Å². The van der Waals surface area contributed by atoms with Crippen molar-refractivity contribution in [1.82, 2.24) is 30.4 Å². The zero-order valence-corrected chi connectivity index (χ0v) is 12.8. The van der Waals surface area contributed by atoms with E-state index in [1.165, 1.54) is 11.8 Å². The SMILES string of the molecule is CCCNCCn1nnnc1SC(C)C(=O)N(C)C. The molecular formula is C11H22N6OS. The fourth-order valence-electron chi connectivity index (χ4n) is 1.48. The molecule has 0 aliphatic carbocycles. The Bertz CT molecular complexity index is 394. The Morgan fingerprint density at radius 1 is 1.47 bits per heavy atom. The van der Waals surface area contributed by atoms with Gasteiger partial charge in [0.25, 0.3) is 0 Å². The van der Waals surface area contributed by atoms with E-state index in [-0.39, 0.29) is 11.2 Å². The number of hydrogen-bond donors (Lipinski definition) is 1. The molecule has 0 fully saturated rings. The summed E-state index contributed by atoms with van der Waals surface area (Å²) in [6, 6.07) is 0. The van der Waals surface area contributed by atoms with Crippen LogP contribution in [0.25, 0.3) is 0 Å². The average molecular weight is 286 g/mol. The molecule has 1 N–H and O–H groups in total. The van der Waals surface area contributed by atoms with Gasteiger partial charge in [-0.15, -0.1) is 5.10 Å². The Morgan fingerprint density at radius 2 is 2.21 bits per heavy atom. The molecule has 1 atom stereocenters. The number of nitrogens with one attached hydrogen (secondary N) is 1. The maximum Gasteiger partial charge on any atom is 0.235 e. The summed E-state index contributed by atoms with van der Waals surface area (Å²) in [5.41, 5.74) is 0. The van der Waals surface area contributed by atoms with Crippen molar-refractivity contribution in [1.29, 1.82) is 0 Å². The Balaban J connectivity index is 2.50. The number of hydrogen-bond acceptors (Lipinski definition) is 6. The lowest BCUT2D eigenvalue weighted by atomic mass is 10.4. The van der Waals surface area contributed by atoms with E-state index in [2.05, 4.69) is 27.8 Å². The van der Waals surface area contributed by atoms with E-state index in [1.807, 2.05) is 6.92 Å². The summed E-state index contributed by atoms with van der Waals surface area (Å²) in [6.07, 6.45) is 1.10. The van der Waals surface area contributed by atoms with Crippen LogP contribution in [0.1, 0.15) is 20.3 Å². The van der Waals surface area contributed by atoms with Gasteiger partial charge >= 0.3 is 0 Å². The van der Waals surface area contributed by atoms with E-state index in [0.717, 1.165) is 19.5 Å². The van der Waals surface area contributed by atoms with E-state index in [4.69, 9.17) is 0 Å². The van der Waals surface area contributed by atoms with Crippen LogP contribution in [-0.2, 0) is 11.3 Å². The lowest BCUT2D eigenvalue weighted by molar-refractivity contribution is -0.127. The highest BCUT2D eigenvalue weighted by atomic mass is 32.2. The molecule has 8 heteroatoms. The van der Waals surface area contributed by atoms with Gasteiger partial charge in [-0.25, -0.2) is 4.68 Å². The molecule has 0 saturated heterocycles. The van der Waals surface area contributed by atoms with Gasteiger partial charge in [0.15, 0.2) is 0 Å². The summed E-state index contributed by atoms with van der Waals surface area (Å²) in [5.74, 6) is 0.0589. The van der Waals surface area contributed by atoms with E-state index in [1.54, 1.807) is 23.7 Å². The van der Waals surface area contributed by atoms with Crippen molar-refractivity contribution in [3.05, 3.63) is 0 Å². The first-order valence-electron chi connectivity index (χ1n) is 6.41. The Labute approximate surface area is 118 Å². The van der Waals surface area contributed by atoms with E-state index >= 15 is 0 Å². The molecule has 19 heavy (non-hydrogen) atoms. The van der Waals surface area contributed by atoms with Gasteiger partial charge in [-0.1, -0.05) is 18.7 Å². The molecule has 1 amide bonds. The fourth-order valence-corrected chi connectivity index (χ4v) is 2.44. The highest BCUT2D eigenvalue weighted by Crippen LogP contribution is 2.20. The molecule has 1 unspecified atom stereocenters. The fraction of sp³-hybridized carbons (Fsp3) is 0.818. The van der Waals surface area contributed by atoms with Crippen LogP contribution in [0.15, 0.2) is 5.16 Å². The number of carbonyl (C=O) groups is 1. The van der Waals surface area contributed by atoms with E-state index in [0.29, 0.717) is 11.7 Å². The van der Waals surface area contributed by atoms with Crippen molar-refractivity contribution in [2.45, 2.75) is 37.2 Å². The van der Waals surface area contributed by atoms with Gasteiger partial charge in [0.1, 0.15) is 0 Å². The summed E-state index contributed by atoms with van der Waals surface area (Å²) in [7, 11) is 3.49. The Kier molecular flexibility index (Phi) is 6.79. The molecule has 1 heterocycles. The minimum atomic E-state index is -0.191. The smallest absolute Gasteiger partial charge is 0.235 e. The highest BCUT2D eigenvalue weighted by molar-refractivity contribution is 8.00. The molecule has 1 aromatic heterocycles. The lowest BCUT2D eigenvalue weighted by Gasteiger charge is -2.15. The quantitative estimate of drug-likeness (QED) is 0.545. The topological polar surface area (TPSA) is 75.9 Å². The third-order valence-electron chi connectivity index (χ3n) is 2.50. The van der Waals surface area contributed by atoms with Crippen molar-refractivity contribution in [2.75, 3.05) is 27.2 Å². The van der Waals surface area contributed by atoms with Crippen molar-refractivity contribution in [3.8, 4) is 0 Å². The van der Waals surface area contributed by atoms with Crippen molar-refractivity contribution in [2.24, 2.45) is 0 Å². The predicted molar refractivity (Wildman–Crippen MR) is 75.0 cm³/mol. The summed E-state index contributed by atoms with van der Waals surface area (Å²) in [5, 5.41) is 15.4. The summed E-state index contributed by atoms with van der Waals surface area (Å²) in [4.78, 5) is 13.4. The first-order valence-corrected chi connectivity index (χ1v) is 7.29. The van der Waals surface area contributed by atoms with Crippen molar-refractivity contribution >= 4 is 17.7 Å². The number of rotatable bonds is 8. The summed E-state index contributed by atoms with van der Waals surface area (Å²) >= 11 is 1.38. The molecule has 0 bridgehead atoms. The Morgan fingerprint density at radius 3 is 2.84 bits per heavy atom. The molecule has 0 radical (unpaired) electrons. The third-order valence-corrected chi connectivity index (χ3v) is 3.56. The van der Waals surface area contributed by atoms with Gasteiger partial charge in [0.05, 0.1) is 11.8 Å². The largest absolute Gasteiger partial charge is 0.348 e. The van der Waals surface area contributed by atoms with Crippen molar-refractivity contribution < 1.29 is 4.79 Å². The molecule has 0 aromatic carbocycles. The molecule has 1 rings (SSSR count).